The normalized spacial score (nSPS) is 16.9. The molecule has 0 saturated carbocycles. The van der Waals surface area contributed by atoms with Gasteiger partial charge >= 0.3 is 0 Å². The van der Waals surface area contributed by atoms with E-state index in [4.69, 9.17) is 0 Å². The number of benzene rings is 9. The van der Waals surface area contributed by atoms with Crippen LogP contribution in [0.4, 0.5) is 34.1 Å². The van der Waals surface area contributed by atoms with Gasteiger partial charge in [0.15, 0.2) is 0 Å². The summed E-state index contributed by atoms with van der Waals surface area (Å²) >= 11 is 0. The van der Waals surface area contributed by atoms with Gasteiger partial charge in [-0.1, -0.05) is 189 Å². The van der Waals surface area contributed by atoms with Crippen molar-refractivity contribution in [2.45, 2.75) is 89.9 Å². The lowest BCUT2D eigenvalue weighted by atomic mass is 9.80. The van der Waals surface area contributed by atoms with Gasteiger partial charge in [-0.3, -0.25) is 0 Å². The molecule has 0 spiro atoms. The third kappa shape index (κ3) is 6.36. The summed E-state index contributed by atoms with van der Waals surface area (Å²) in [6.07, 6.45) is 6.96. The number of anilines is 6. The molecule has 2 heteroatoms. The number of fused-ring (bicyclic) bond motifs is 11. The van der Waals surface area contributed by atoms with Crippen molar-refractivity contribution in [1.82, 2.24) is 0 Å². The molecule has 74 heavy (non-hydrogen) atoms. The van der Waals surface area contributed by atoms with Gasteiger partial charge in [-0.05, 0) is 186 Å². The fourth-order valence-electron chi connectivity index (χ4n) is 14.1. The van der Waals surface area contributed by atoms with Crippen LogP contribution in [-0.4, -0.2) is 0 Å². The average molecular weight is 955 g/mol. The lowest BCUT2D eigenvalue weighted by Crippen LogP contribution is -2.18. The Morgan fingerprint density at radius 2 is 0.608 bits per heavy atom. The molecule has 9 aromatic carbocycles. The Hall–Kier alpha value is -7.94. The Labute approximate surface area is 438 Å². The summed E-state index contributed by atoms with van der Waals surface area (Å²) in [5, 5.41) is 0. The maximum absolute atomic E-state index is 2.49. The van der Waals surface area contributed by atoms with E-state index in [1.807, 2.05) is 0 Å². The molecule has 0 heterocycles. The van der Waals surface area contributed by atoms with E-state index in [1.165, 1.54) is 112 Å². The minimum Gasteiger partial charge on any atom is -0.310 e. The van der Waals surface area contributed by atoms with E-state index in [1.54, 1.807) is 0 Å². The number of hydrogen-bond donors (Lipinski definition) is 0. The van der Waals surface area contributed by atoms with E-state index >= 15 is 0 Å². The summed E-state index contributed by atoms with van der Waals surface area (Å²) in [4.78, 5) is 4.96. The summed E-state index contributed by atoms with van der Waals surface area (Å²) in [7, 11) is 0. The maximum atomic E-state index is 2.49. The van der Waals surface area contributed by atoms with E-state index in [0.29, 0.717) is 0 Å². The molecule has 2 nitrogen and oxygen atoms in total. The smallest absolute Gasteiger partial charge is 0.0465 e. The van der Waals surface area contributed by atoms with Crippen LogP contribution in [0.2, 0.25) is 0 Å². The van der Waals surface area contributed by atoms with Crippen molar-refractivity contribution < 1.29 is 0 Å². The highest BCUT2D eigenvalue weighted by Crippen LogP contribution is 2.56. The van der Waals surface area contributed by atoms with Gasteiger partial charge in [-0.15, -0.1) is 0 Å². The Morgan fingerprint density at radius 3 is 0.986 bits per heavy atom. The summed E-state index contributed by atoms with van der Waals surface area (Å²) < 4.78 is 0. The predicted octanol–water partition coefficient (Wildman–Crippen LogP) is 19.6. The first-order valence-corrected chi connectivity index (χ1v) is 26.8. The van der Waals surface area contributed by atoms with Crippen LogP contribution in [0.1, 0.15) is 113 Å². The van der Waals surface area contributed by atoms with Gasteiger partial charge in [0.1, 0.15) is 0 Å². The zero-order chi connectivity index (χ0) is 50.5. The number of allylic oxidation sites excluding steroid dienone is 4. The van der Waals surface area contributed by atoms with Gasteiger partial charge in [0, 0.05) is 55.8 Å². The van der Waals surface area contributed by atoms with Crippen LogP contribution in [0, 0.1) is 0 Å². The molecule has 0 bridgehead atoms. The molecule has 0 saturated heterocycles. The van der Waals surface area contributed by atoms with Gasteiger partial charge in [0.2, 0.25) is 0 Å². The fourth-order valence-corrected chi connectivity index (χ4v) is 14.1. The van der Waals surface area contributed by atoms with Crippen molar-refractivity contribution in [1.29, 1.82) is 0 Å². The Bertz CT molecular complexity index is 3780. The van der Waals surface area contributed by atoms with Crippen molar-refractivity contribution in [3.05, 3.63) is 256 Å². The maximum Gasteiger partial charge on any atom is 0.0465 e. The molecule has 0 aliphatic heterocycles. The molecule has 0 amide bonds. The van der Waals surface area contributed by atoms with E-state index in [0.717, 1.165) is 35.6 Å². The van der Waals surface area contributed by atoms with Crippen molar-refractivity contribution in [2.24, 2.45) is 0 Å². The molecule has 0 radical (unpaired) electrons. The largest absolute Gasteiger partial charge is 0.310 e. The van der Waals surface area contributed by atoms with Gasteiger partial charge in [0.05, 0.1) is 0 Å². The second-order valence-corrected chi connectivity index (χ2v) is 23.7. The third-order valence-electron chi connectivity index (χ3n) is 18.2. The minimum atomic E-state index is -0.116. The second kappa shape index (κ2) is 15.8. The van der Waals surface area contributed by atoms with Crippen LogP contribution < -0.4 is 9.80 Å². The van der Waals surface area contributed by atoms with Gasteiger partial charge in [-0.2, -0.15) is 0 Å². The number of nitrogens with zero attached hydrogens (tertiary/aromatic N) is 2. The van der Waals surface area contributed by atoms with Gasteiger partial charge < -0.3 is 9.80 Å². The predicted molar refractivity (Wildman–Crippen MR) is 312 cm³/mol. The van der Waals surface area contributed by atoms with Crippen LogP contribution in [0.3, 0.4) is 0 Å². The Morgan fingerprint density at radius 1 is 0.297 bits per heavy atom. The van der Waals surface area contributed by atoms with Crippen molar-refractivity contribution in [2.75, 3.05) is 9.80 Å². The lowest BCUT2D eigenvalue weighted by molar-refractivity contribution is 0.651. The number of rotatable bonds is 7. The SMILES string of the molecule is CC1(C)C2=C(CCC=C2)c2ccc(N(c3ccc(-c4ccc(N(c5ccc6c(c5)C(C)(C)c5ccccc5-6)c5ccc6c(c5)C(C)(C)c5ccccc5-6)cc4)cc3)c3ccc4c(c3)C(C)(C)c3ccccc3-4)cc21. The van der Waals surface area contributed by atoms with Crippen LogP contribution in [0.5, 0.6) is 0 Å². The number of hydrogen-bond acceptors (Lipinski definition) is 2. The highest BCUT2D eigenvalue weighted by atomic mass is 15.1. The van der Waals surface area contributed by atoms with Crippen molar-refractivity contribution in [3.8, 4) is 44.5 Å². The fraction of sp³-hybridized carbons (Fsp3) is 0.194. The second-order valence-electron chi connectivity index (χ2n) is 23.7. The summed E-state index contributed by atoms with van der Waals surface area (Å²) in [5.74, 6) is 0. The summed E-state index contributed by atoms with van der Waals surface area (Å²) in [6.45, 7) is 19.1. The molecular formula is C72H62N2. The zero-order valence-electron chi connectivity index (χ0n) is 43.9. The summed E-state index contributed by atoms with van der Waals surface area (Å²) in [6, 6.07) is 74.0. The molecule has 9 aromatic rings. The van der Waals surface area contributed by atoms with Crippen LogP contribution in [-0.2, 0) is 21.7 Å². The zero-order valence-corrected chi connectivity index (χ0v) is 43.9. The average Bonchev–Trinajstić information content (AvgIpc) is 4.02. The first kappa shape index (κ1) is 44.7. The van der Waals surface area contributed by atoms with E-state index < -0.39 is 0 Å². The monoisotopic (exact) mass is 954 g/mol. The van der Waals surface area contributed by atoms with E-state index in [9.17, 15) is 0 Å². The van der Waals surface area contributed by atoms with Crippen LogP contribution in [0.15, 0.2) is 212 Å². The third-order valence-corrected chi connectivity index (χ3v) is 18.2. The van der Waals surface area contributed by atoms with Crippen molar-refractivity contribution in [3.63, 3.8) is 0 Å². The molecule has 360 valence electrons. The molecule has 0 N–H and O–H groups in total. The molecule has 14 rings (SSSR count). The van der Waals surface area contributed by atoms with E-state index in [2.05, 4.69) is 271 Å². The quantitative estimate of drug-likeness (QED) is 0.157. The van der Waals surface area contributed by atoms with Crippen LogP contribution >= 0.6 is 0 Å². The van der Waals surface area contributed by atoms with Gasteiger partial charge in [-0.25, -0.2) is 0 Å². The lowest BCUT2D eigenvalue weighted by Gasteiger charge is -2.30. The molecular weight excluding hydrogens is 893 g/mol. The molecule has 5 aliphatic rings. The first-order chi connectivity index (χ1) is 35.7. The highest BCUT2D eigenvalue weighted by molar-refractivity contribution is 5.91. The standard InChI is InChI=1S/C72H62N2/c1-69(2)61-21-13-9-17-53(61)57-37-33-49(41-65(57)69)73(50-34-38-58-54-18-10-14-22-62(54)70(3,4)66(58)42-50)47-29-25-45(26-30-47)46-27-31-48(32-28-46)74(51-35-39-59-55-19-11-15-23-63(55)71(5,6)67(59)43-51)52-36-40-60-56-20-12-16-24-64(56)72(7,8)68(60)44-52/h9-11,13-19,21-44H,12,20H2,1-8H3. The van der Waals surface area contributed by atoms with Crippen LogP contribution in [0.25, 0.3) is 50.1 Å². The Balaban J connectivity index is 0.849. The van der Waals surface area contributed by atoms with E-state index in [-0.39, 0.29) is 21.7 Å². The minimum absolute atomic E-state index is 0.0671. The molecule has 0 aromatic heterocycles. The molecule has 0 unspecified atom stereocenters. The Kier molecular flexibility index (Phi) is 9.54. The molecule has 0 atom stereocenters. The van der Waals surface area contributed by atoms with Gasteiger partial charge in [0.25, 0.3) is 0 Å². The molecule has 5 aliphatic carbocycles. The van der Waals surface area contributed by atoms with Crippen molar-refractivity contribution >= 4 is 39.7 Å². The summed E-state index contributed by atoms with van der Waals surface area (Å²) in [5.41, 5.74) is 31.0. The highest BCUT2D eigenvalue weighted by Gasteiger charge is 2.40. The first-order valence-electron chi connectivity index (χ1n) is 26.8. The topological polar surface area (TPSA) is 6.48 Å². The molecule has 0 fully saturated rings.